The zero-order valence-corrected chi connectivity index (χ0v) is 14.4. The van der Waals surface area contributed by atoms with Gasteiger partial charge in [-0.1, -0.05) is 6.07 Å². The van der Waals surface area contributed by atoms with Crippen molar-refractivity contribution >= 4 is 17.2 Å². The topological polar surface area (TPSA) is 64.2 Å². The average Bonchev–Trinajstić information content (AvgIpc) is 3.33. The molecule has 1 aliphatic heterocycles. The summed E-state index contributed by atoms with van der Waals surface area (Å²) < 4.78 is 7.49. The van der Waals surface area contributed by atoms with Gasteiger partial charge >= 0.3 is 0 Å². The van der Waals surface area contributed by atoms with E-state index in [-0.39, 0.29) is 11.9 Å². The Labute approximate surface area is 143 Å². The van der Waals surface area contributed by atoms with Crippen LogP contribution in [0.15, 0.2) is 34.3 Å². The van der Waals surface area contributed by atoms with Gasteiger partial charge in [0.15, 0.2) is 5.69 Å². The number of hydrogen-bond acceptors (Lipinski definition) is 5. The fourth-order valence-electron chi connectivity index (χ4n) is 3.21. The summed E-state index contributed by atoms with van der Waals surface area (Å²) in [5.41, 5.74) is 1.48. The van der Waals surface area contributed by atoms with Gasteiger partial charge < -0.3 is 9.32 Å². The Morgan fingerprint density at radius 1 is 1.46 bits per heavy atom. The number of carbonyl (C=O) groups is 1. The highest BCUT2D eigenvalue weighted by atomic mass is 32.1. The van der Waals surface area contributed by atoms with E-state index in [9.17, 15) is 4.79 Å². The van der Waals surface area contributed by atoms with E-state index >= 15 is 0 Å². The molecule has 1 fully saturated rings. The van der Waals surface area contributed by atoms with Crippen LogP contribution in [-0.2, 0) is 7.05 Å². The van der Waals surface area contributed by atoms with Crippen molar-refractivity contribution in [1.82, 2.24) is 19.7 Å². The van der Waals surface area contributed by atoms with Crippen molar-refractivity contribution in [3.05, 3.63) is 46.9 Å². The molecule has 0 saturated carbocycles. The highest BCUT2D eigenvalue weighted by Gasteiger charge is 2.34. The normalized spacial score (nSPS) is 17.6. The van der Waals surface area contributed by atoms with Gasteiger partial charge in [-0.25, -0.2) is 4.98 Å². The second kappa shape index (κ2) is 5.90. The number of hydrogen-bond donors (Lipinski definition) is 0. The molecule has 0 spiro atoms. The molecule has 3 aromatic rings. The minimum absolute atomic E-state index is 0.0625. The Kier molecular flexibility index (Phi) is 3.72. The van der Waals surface area contributed by atoms with Crippen molar-refractivity contribution in [2.24, 2.45) is 7.05 Å². The van der Waals surface area contributed by atoms with Crippen molar-refractivity contribution < 1.29 is 9.21 Å². The quantitative estimate of drug-likeness (QED) is 0.731. The number of rotatable bonds is 3. The molecule has 7 heteroatoms. The number of aromatic nitrogens is 3. The van der Waals surface area contributed by atoms with E-state index in [1.165, 1.54) is 0 Å². The molecule has 24 heavy (non-hydrogen) atoms. The number of likely N-dealkylation sites (tertiary alicyclic amines) is 1. The Hall–Kier alpha value is -2.41. The second-order valence-electron chi connectivity index (χ2n) is 6.01. The molecular weight excluding hydrogens is 324 g/mol. The van der Waals surface area contributed by atoms with Crippen LogP contribution in [0.4, 0.5) is 0 Å². The van der Waals surface area contributed by atoms with Gasteiger partial charge in [-0.05, 0) is 31.2 Å². The minimum Gasteiger partial charge on any atom is -0.440 e. The van der Waals surface area contributed by atoms with Crippen LogP contribution in [0.1, 0.15) is 40.7 Å². The lowest BCUT2D eigenvalue weighted by Gasteiger charge is -2.23. The first kappa shape index (κ1) is 15.1. The molecule has 0 unspecified atom stereocenters. The largest absolute Gasteiger partial charge is 0.440 e. The third-order valence-electron chi connectivity index (χ3n) is 4.35. The number of amides is 1. The molecule has 0 N–H and O–H groups in total. The highest BCUT2D eigenvalue weighted by molar-refractivity contribution is 7.13. The summed E-state index contributed by atoms with van der Waals surface area (Å²) in [6, 6.07) is 3.95. The van der Waals surface area contributed by atoms with Crippen molar-refractivity contribution in [3.63, 3.8) is 0 Å². The summed E-state index contributed by atoms with van der Waals surface area (Å²) in [6.45, 7) is 2.53. The fourth-order valence-corrected chi connectivity index (χ4v) is 3.85. The zero-order chi connectivity index (χ0) is 16.7. The standard InChI is InChI=1S/C17H18N4O2S/c1-11-15(19-16(23-11)14-6-4-8-24-14)17(22)21-7-3-5-13(21)12-9-18-20(2)10-12/h4,6,8-10,13H,3,5,7H2,1-2H3/t13-/m1/s1. The van der Waals surface area contributed by atoms with Crippen LogP contribution in [-0.4, -0.2) is 32.1 Å². The zero-order valence-electron chi connectivity index (χ0n) is 13.6. The number of aryl methyl sites for hydroxylation is 2. The number of carbonyl (C=O) groups excluding carboxylic acids is 1. The Bertz CT molecular complexity index is 865. The van der Waals surface area contributed by atoms with E-state index in [1.807, 2.05) is 41.9 Å². The van der Waals surface area contributed by atoms with Crippen LogP contribution in [0.3, 0.4) is 0 Å². The Morgan fingerprint density at radius 2 is 2.33 bits per heavy atom. The lowest BCUT2D eigenvalue weighted by molar-refractivity contribution is 0.0728. The van der Waals surface area contributed by atoms with E-state index < -0.39 is 0 Å². The smallest absolute Gasteiger partial charge is 0.276 e. The van der Waals surface area contributed by atoms with Gasteiger partial charge in [0.25, 0.3) is 5.91 Å². The highest BCUT2D eigenvalue weighted by Crippen LogP contribution is 2.34. The molecule has 124 valence electrons. The van der Waals surface area contributed by atoms with Crippen LogP contribution < -0.4 is 0 Å². The maximum absolute atomic E-state index is 13.0. The third-order valence-corrected chi connectivity index (χ3v) is 5.21. The number of nitrogens with zero attached hydrogens (tertiary/aromatic N) is 4. The minimum atomic E-state index is -0.0644. The van der Waals surface area contributed by atoms with E-state index in [2.05, 4.69) is 10.1 Å². The molecule has 0 radical (unpaired) electrons. The van der Waals surface area contributed by atoms with E-state index in [0.717, 1.165) is 29.8 Å². The van der Waals surface area contributed by atoms with Crippen molar-refractivity contribution in [2.75, 3.05) is 6.54 Å². The maximum atomic E-state index is 13.0. The summed E-state index contributed by atoms with van der Waals surface area (Å²) in [6.07, 6.45) is 5.75. The molecule has 1 saturated heterocycles. The van der Waals surface area contributed by atoms with Gasteiger partial charge in [0.2, 0.25) is 5.89 Å². The molecule has 1 atom stereocenters. The lowest BCUT2D eigenvalue weighted by Crippen LogP contribution is -2.31. The van der Waals surface area contributed by atoms with E-state index in [0.29, 0.717) is 17.3 Å². The van der Waals surface area contributed by atoms with Crippen molar-refractivity contribution in [1.29, 1.82) is 0 Å². The molecule has 4 heterocycles. The number of oxazole rings is 1. The molecule has 6 nitrogen and oxygen atoms in total. The molecule has 4 rings (SSSR count). The summed E-state index contributed by atoms with van der Waals surface area (Å²) in [4.78, 5) is 20.3. The van der Waals surface area contributed by atoms with Crippen molar-refractivity contribution in [3.8, 4) is 10.8 Å². The Morgan fingerprint density at radius 3 is 3.04 bits per heavy atom. The van der Waals surface area contributed by atoms with Gasteiger partial charge in [0.05, 0.1) is 17.1 Å². The molecule has 1 amide bonds. The molecular formula is C17H18N4O2S. The first-order valence-electron chi connectivity index (χ1n) is 7.94. The molecule has 3 aromatic heterocycles. The van der Waals surface area contributed by atoms with Crippen LogP contribution in [0.2, 0.25) is 0 Å². The molecule has 1 aliphatic rings. The van der Waals surface area contributed by atoms with E-state index in [4.69, 9.17) is 4.42 Å². The molecule has 0 aliphatic carbocycles. The van der Waals surface area contributed by atoms with Gasteiger partial charge in [0, 0.05) is 25.4 Å². The van der Waals surface area contributed by atoms with Gasteiger partial charge in [-0.3, -0.25) is 9.48 Å². The van der Waals surface area contributed by atoms with Gasteiger partial charge in [-0.15, -0.1) is 11.3 Å². The molecule has 0 aromatic carbocycles. The van der Waals surface area contributed by atoms with Crippen LogP contribution >= 0.6 is 11.3 Å². The third kappa shape index (κ3) is 2.54. The SMILES string of the molecule is Cc1oc(-c2cccs2)nc1C(=O)N1CCC[C@@H]1c1cnn(C)c1. The van der Waals surface area contributed by atoms with Gasteiger partial charge in [-0.2, -0.15) is 5.10 Å². The average molecular weight is 342 g/mol. The summed E-state index contributed by atoms with van der Waals surface area (Å²) in [7, 11) is 1.89. The van der Waals surface area contributed by atoms with Crippen LogP contribution in [0, 0.1) is 6.92 Å². The summed E-state index contributed by atoms with van der Waals surface area (Å²) in [5, 5.41) is 6.20. The van der Waals surface area contributed by atoms with Crippen LogP contribution in [0.25, 0.3) is 10.8 Å². The lowest BCUT2D eigenvalue weighted by atomic mass is 10.1. The molecule has 0 bridgehead atoms. The first-order chi connectivity index (χ1) is 11.6. The summed E-state index contributed by atoms with van der Waals surface area (Å²) in [5.74, 6) is 1.02. The Balaban J connectivity index is 1.63. The predicted octanol–water partition coefficient (Wildman–Crippen LogP) is 3.42. The van der Waals surface area contributed by atoms with Gasteiger partial charge in [0.1, 0.15) is 5.76 Å². The summed E-state index contributed by atoms with van der Waals surface area (Å²) >= 11 is 1.55. The van der Waals surface area contributed by atoms with Crippen molar-refractivity contribution in [2.45, 2.75) is 25.8 Å². The monoisotopic (exact) mass is 342 g/mol. The maximum Gasteiger partial charge on any atom is 0.276 e. The fraction of sp³-hybridized carbons (Fsp3) is 0.353. The number of thiophene rings is 1. The second-order valence-corrected chi connectivity index (χ2v) is 6.95. The predicted molar refractivity (Wildman–Crippen MR) is 90.8 cm³/mol. The van der Waals surface area contributed by atoms with Crippen LogP contribution in [0.5, 0.6) is 0 Å². The first-order valence-corrected chi connectivity index (χ1v) is 8.82. The van der Waals surface area contributed by atoms with E-state index in [1.54, 1.807) is 22.9 Å².